The van der Waals surface area contributed by atoms with Gasteiger partial charge in [-0.05, 0) is 31.6 Å². The van der Waals surface area contributed by atoms with E-state index in [2.05, 4.69) is 20.1 Å². The number of piperidine rings is 1. The highest BCUT2D eigenvalue weighted by Crippen LogP contribution is 2.42. The Morgan fingerprint density at radius 2 is 1.72 bits per heavy atom. The smallest absolute Gasteiger partial charge is 0.356 e. The molecule has 3 aromatic heterocycles. The van der Waals surface area contributed by atoms with Crippen molar-refractivity contribution in [2.75, 3.05) is 36.0 Å². The zero-order valence-electron chi connectivity index (χ0n) is 19.8. The lowest BCUT2D eigenvalue weighted by Gasteiger charge is -2.40. The van der Waals surface area contributed by atoms with Crippen molar-refractivity contribution < 1.29 is 22.0 Å². The molecule has 0 aliphatic carbocycles. The number of aromatic nitrogens is 6. The highest BCUT2D eigenvalue weighted by molar-refractivity contribution is 5.74. The summed E-state index contributed by atoms with van der Waals surface area (Å²) in [7, 11) is 1.59. The molecule has 2 saturated heterocycles. The Kier molecular flexibility index (Phi) is 5.86. The fourth-order valence-corrected chi connectivity index (χ4v) is 5.20. The van der Waals surface area contributed by atoms with Gasteiger partial charge in [0, 0.05) is 45.0 Å². The van der Waals surface area contributed by atoms with Crippen LogP contribution >= 0.6 is 0 Å². The number of halogens is 5. The molecule has 0 saturated carbocycles. The highest BCUT2D eigenvalue weighted by Gasteiger charge is 2.42. The van der Waals surface area contributed by atoms with Crippen LogP contribution in [-0.4, -0.2) is 61.9 Å². The highest BCUT2D eigenvalue weighted by atomic mass is 19.4. The maximum atomic E-state index is 13.2. The molecule has 0 atom stereocenters. The standard InChI is InChI=1S/C22H25F5N8O/c1-13-9-16(30-19(29-13)22(25,26)27)34-8-5-21(12-34)3-6-33(7-4-21)20-31-17-14(18(36)32(20)2)10-28-35(17)11-15(23)24/h9-10,15H,3-8,11-12H2,1-2H3. The van der Waals surface area contributed by atoms with E-state index in [-0.39, 0.29) is 33.5 Å². The van der Waals surface area contributed by atoms with E-state index in [1.807, 2.05) is 9.80 Å². The molecular formula is C22H25F5N8O. The second-order valence-corrected chi connectivity index (χ2v) is 9.58. The van der Waals surface area contributed by atoms with E-state index in [1.54, 1.807) is 13.1 Å². The van der Waals surface area contributed by atoms with Crippen molar-refractivity contribution in [2.45, 2.75) is 45.3 Å². The van der Waals surface area contributed by atoms with Crippen LogP contribution < -0.4 is 15.4 Å². The van der Waals surface area contributed by atoms with Crippen LogP contribution in [0, 0.1) is 12.3 Å². The van der Waals surface area contributed by atoms with E-state index in [9.17, 15) is 26.7 Å². The summed E-state index contributed by atoms with van der Waals surface area (Å²) in [4.78, 5) is 28.5. The van der Waals surface area contributed by atoms with E-state index >= 15 is 0 Å². The number of rotatable bonds is 4. The van der Waals surface area contributed by atoms with E-state index < -0.39 is 25.0 Å². The van der Waals surface area contributed by atoms with E-state index in [4.69, 9.17) is 0 Å². The van der Waals surface area contributed by atoms with Crippen molar-refractivity contribution in [3.63, 3.8) is 0 Å². The van der Waals surface area contributed by atoms with Gasteiger partial charge in [0.05, 0.1) is 6.20 Å². The quantitative estimate of drug-likeness (QED) is 0.497. The third kappa shape index (κ3) is 4.37. The zero-order chi connectivity index (χ0) is 25.8. The van der Waals surface area contributed by atoms with E-state index in [1.165, 1.54) is 17.7 Å². The van der Waals surface area contributed by atoms with E-state index in [0.717, 1.165) is 23.9 Å². The SMILES string of the molecule is Cc1cc(N2CCC3(CCN(c4nc5c(cnn5CC(F)F)c(=O)n4C)CC3)C2)nc(C(F)(F)F)n1. The fourth-order valence-electron chi connectivity index (χ4n) is 5.20. The molecule has 14 heteroatoms. The molecule has 5 heterocycles. The first-order valence-electron chi connectivity index (χ1n) is 11.6. The lowest BCUT2D eigenvalue weighted by atomic mass is 9.78. The summed E-state index contributed by atoms with van der Waals surface area (Å²) in [6.45, 7) is 3.16. The second kappa shape index (κ2) is 8.66. The first-order valence-corrected chi connectivity index (χ1v) is 11.6. The minimum Gasteiger partial charge on any atom is -0.356 e. The second-order valence-electron chi connectivity index (χ2n) is 9.58. The number of fused-ring (bicyclic) bond motifs is 1. The van der Waals surface area contributed by atoms with Crippen LogP contribution in [0.4, 0.5) is 33.7 Å². The minimum absolute atomic E-state index is 0.103. The number of nitrogens with zero attached hydrogens (tertiary/aromatic N) is 8. The van der Waals surface area contributed by atoms with Gasteiger partial charge in [0.1, 0.15) is 17.7 Å². The monoisotopic (exact) mass is 512 g/mol. The molecule has 5 rings (SSSR count). The molecule has 3 aromatic rings. The minimum atomic E-state index is -4.61. The lowest BCUT2D eigenvalue weighted by Crippen LogP contribution is -2.44. The topological polar surface area (TPSA) is 85.0 Å². The molecular weight excluding hydrogens is 487 g/mol. The summed E-state index contributed by atoms with van der Waals surface area (Å²) in [5.41, 5.74) is -0.0758. The van der Waals surface area contributed by atoms with Crippen LogP contribution in [0.5, 0.6) is 0 Å². The summed E-state index contributed by atoms with van der Waals surface area (Å²) in [5, 5.41) is 4.08. The molecule has 36 heavy (non-hydrogen) atoms. The molecule has 0 bridgehead atoms. The van der Waals surface area contributed by atoms with Crippen molar-refractivity contribution in [1.29, 1.82) is 0 Å². The Morgan fingerprint density at radius 3 is 2.36 bits per heavy atom. The van der Waals surface area contributed by atoms with Crippen molar-refractivity contribution in [3.8, 4) is 0 Å². The van der Waals surface area contributed by atoms with Crippen molar-refractivity contribution in [2.24, 2.45) is 12.5 Å². The summed E-state index contributed by atoms with van der Waals surface area (Å²) >= 11 is 0. The summed E-state index contributed by atoms with van der Waals surface area (Å²) in [5.74, 6) is -0.480. The molecule has 0 N–H and O–H groups in total. The Balaban J connectivity index is 1.34. The number of alkyl halides is 5. The van der Waals surface area contributed by atoms with Crippen LogP contribution in [0.25, 0.3) is 11.0 Å². The van der Waals surface area contributed by atoms with Gasteiger partial charge in [0.15, 0.2) is 5.65 Å². The van der Waals surface area contributed by atoms with Crippen molar-refractivity contribution in [3.05, 3.63) is 34.1 Å². The zero-order valence-corrected chi connectivity index (χ0v) is 19.8. The van der Waals surface area contributed by atoms with Gasteiger partial charge in [-0.15, -0.1) is 0 Å². The lowest BCUT2D eigenvalue weighted by molar-refractivity contribution is -0.145. The number of hydrogen-bond donors (Lipinski definition) is 0. The van der Waals surface area contributed by atoms with Gasteiger partial charge >= 0.3 is 6.18 Å². The molecule has 0 radical (unpaired) electrons. The fraction of sp³-hybridized carbons (Fsp3) is 0.591. The predicted octanol–water partition coefficient (Wildman–Crippen LogP) is 3.01. The average molecular weight is 512 g/mol. The van der Waals surface area contributed by atoms with Crippen LogP contribution in [0.15, 0.2) is 17.1 Å². The molecule has 2 fully saturated rings. The Labute approximate surface area is 202 Å². The van der Waals surface area contributed by atoms with Gasteiger partial charge in [-0.25, -0.2) is 23.4 Å². The van der Waals surface area contributed by atoms with Crippen molar-refractivity contribution >= 4 is 22.8 Å². The third-order valence-electron chi connectivity index (χ3n) is 7.13. The van der Waals surface area contributed by atoms with Gasteiger partial charge in [-0.1, -0.05) is 0 Å². The normalized spacial score (nSPS) is 18.2. The molecule has 2 aliphatic rings. The first-order chi connectivity index (χ1) is 17.0. The molecule has 1 spiro atoms. The van der Waals surface area contributed by atoms with Gasteiger partial charge < -0.3 is 9.80 Å². The molecule has 0 aromatic carbocycles. The first kappa shape index (κ1) is 24.4. The average Bonchev–Trinajstić information content (AvgIpc) is 3.40. The Morgan fingerprint density at radius 1 is 1.06 bits per heavy atom. The van der Waals surface area contributed by atoms with Crippen LogP contribution in [0.2, 0.25) is 0 Å². The molecule has 0 amide bonds. The summed E-state index contributed by atoms with van der Waals surface area (Å²) in [6.07, 6.45) is -3.70. The van der Waals surface area contributed by atoms with Gasteiger partial charge in [-0.2, -0.15) is 23.3 Å². The summed E-state index contributed by atoms with van der Waals surface area (Å²) in [6, 6.07) is 1.57. The molecule has 9 nitrogen and oxygen atoms in total. The van der Waals surface area contributed by atoms with Crippen molar-refractivity contribution in [1.82, 2.24) is 29.3 Å². The molecule has 0 unspecified atom stereocenters. The van der Waals surface area contributed by atoms with Gasteiger partial charge in [-0.3, -0.25) is 9.36 Å². The third-order valence-corrected chi connectivity index (χ3v) is 7.13. The molecule has 2 aliphatic heterocycles. The maximum absolute atomic E-state index is 13.2. The number of hydrogen-bond acceptors (Lipinski definition) is 7. The largest absolute Gasteiger partial charge is 0.451 e. The number of anilines is 2. The Bertz CT molecular complexity index is 1340. The maximum Gasteiger partial charge on any atom is 0.451 e. The predicted molar refractivity (Wildman–Crippen MR) is 121 cm³/mol. The Hall–Kier alpha value is -3.32. The van der Waals surface area contributed by atoms with Crippen LogP contribution in [0.3, 0.4) is 0 Å². The molecule has 194 valence electrons. The van der Waals surface area contributed by atoms with Gasteiger partial charge in [0.25, 0.3) is 12.0 Å². The van der Waals surface area contributed by atoms with E-state index in [0.29, 0.717) is 32.1 Å². The van der Waals surface area contributed by atoms with Crippen LogP contribution in [0.1, 0.15) is 30.8 Å². The van der Waals surface area contributed by atoms with Gasteiger partial charge in [0.2, 0.25) is 11.8 Å². The summed E-state index contributed by atoms with van der Waals surface area (Å²) < 4.78 is 67.9. The van der Waals surface area contributed by atoms with Crippen LogP contribution in [-0.2, 0) is 19.8 Å². The number of aryl methyl sites for hydroxylation is 1.